The zero-order valence-corrected chi connectivity index (χ0v) is 16.3. The van der Waals surface area contributed by atoms with E-state index in [1.165, 1.54) is 18.3 Å². The minimum absolute atomic E-state index is 0.0307. The van der Waals surface area contributed by atoms with Gasteiger partial charge < -0.3 is 10.2 Å². The highest BCUT2D eigenvalue weighted by Crippen LogP contribution is 2.36. The Morgan fingerprint density at radius 2 is 1.96 bits per heavy atom. The number of benzene rings is 1. The molecule has 1 N–H and O–H groups in total. The molecule has 0 aliphatic rings. The third-order valence-electron chi connectivity index (χ3n) is 3.57. The first-order valence-corrected chi connectivity index (χ1v) is 9.11. The Bertz CT molecular complexity index is 817. The summed E-state index contributed by atoms with van der Waals surface area (Å²) in [5, 5.41) is 2.81. The number of aromatic nitrogens is 1. The number of nitrogens with zero attached hydrogens (tertiary/aromatic N) is 2. The lowest BCUT2D eigenvalue weighted by Gasteiger charge is -2.18. The summed E-state index contributed by atoms with van der Waals surface area (Å²) in [5.74, 6) is -0.935. The van der Waals surface area contributed by atoms with Crippen molar-refractivity contribution in [3.05, 3.63) is 34.5 Å². The summed E-state index contributed by atoms with van der Waals surface area (Å²) in [6.07, 6.45) is -4.66. The Hall–Kier alpha value is -2.00. The quantitative estimate of drug-likeness (QED) is 0.690. The van der Waals surface area contributed by atoms with Crippen molar-refractivity contribution in [3.8, 4) is 11.3 Å². The fourth-order valence-electron chi connectivity index (χ4n) is 2.71. The van der Waals surface area contributed by atoms with Gasteiger partial charge in [-0.2, -0.15) is 13.2 Å². The van der Waals surface area contributed by atoms with Gasteiger partial charge in [0, 0.05) is 30.5 Å². The summed E-state index contributed by atoms with van der Waals surface area (Å²) in [6, 6.07) is 2.35. The maximum Gasteiger partial charge on any atom is 0.416 e. The van der Waals surface area contributed by atoms with E-state index in [-0.39, 0.29) is 22.3 Å². The molecule has 9 heteroatoms. The number of rotatable bonds is 6. The summed E-state index contributed by atoms with van der Waals surface area (Å²) in [7, 11) is 1.88. The van der Waals surface area contributed by atoms with Gasteiger partial charge in [0.05, 0.1) is 11.3 Å². The Morgan fingerprint density at radius 1 is 1.30 bits per heavy atom. The molecule has 1 aromatic heterocycles. The molecular formula is C18H21F4N3OS. The van der Waals surface area contributed by atoms with Crippen molar-refractivity contribution in [2.45, 2.75) is 33.5 Å². The molecule has 1 aromatic carbocycles. The van der Waals surface area contributed by atoms with Crippen LogP contribution in [0.1, 0.15) is 31.2 Å². The Kier molecular flexibility index (Phi) is 6.59. The van der Waals surface area contributed by atoms with E-state index in [4.69, 9.17) is 0 Å². The molecule has 0 saturated carbocycles. The highest BCUT2D eigenvalue weighted by Gasteiger charge is 2.32. The molecule has 0 fully saturated rings. The molecule has 1 heterocycles. The van der Waals surface area contributed by atoms with Crippen LogP contribution in [0.3, 0.4) is 0 Å². The molecule has 4 nitrogen and oxygen atoms in total. The van der Waals surface area contributed by atoms with E-state index in [0.717, 1.165) is 18.7 Å². The van der Waals surface area contributed by atoms with E-state index < -0.39 is 17.6 Å². The zero-order chi connectivity index (χ0) is 20.4. The lowest BCUT2D eigenvalue weighted by molar-refractivity contribution is -0.137. The molecule has 0 atom stereocenters. The molecule has 0 spiro atoms. The number of amides is 1. The average Bonchev–Trinajstić information content (AvgIpc) is 2.86. The zero-order valence-electron chi connectivity index (χ0n) is 15.4. The van der Waals surface area contributed by atoms with Crippen LogP contribution in [0.2, 0.25) is 0 Å². The van der Waals surface area contributed by atoms with Gasteiger partial charge >= 0.3 is 6.18 Å². The number of alkyl halides is 3. The van der Waals surface area contributed by atoms with Crippen molar-refractivity contribution in [1.29, 1.82) is 0 Å². The standard InChI is InChI=1S/C18H21F4N3OS/c1-10(2)8-25(4)9-15-16(24-17(27-15)23-11(3)26)12-5-13(18(20,21)22)7-14(19)6-12/h5-7,10H,8-9H2,1-4H3,(H,23,24,26). The second-order valence-electron chi connectivity index (χ2n) is 6.79. The normalized spacial score (nSPS) is 12.1. The van der Waals surface area contributed by atoms with Crippen molar-refractivity contribution in [2.24, 2.45) is 5.92 Å². The summed E-state index contributed by atoms with van der Waals surface area (Å²) in [5.41, 5.74) is -0.805. The van der Waals surface area contributed by atoms with E-state index >= 15 is 0 Å². The fourth-order valence-corrected chi connectivity index (χ4v) is 3.82. The van der Waals surface area contributed by atoms with Gasteiger partial charge in [0.2, 0.25) is 5.91 Å². The lowest BCUT2D eigenvalue weighted by atomic mass is 10.1. The van der Waals surface area contributed by atoms with E-state index in [9.17, 15) is 22.4 Å². The molecule has 0 unspecified atom stereocenters. The first-order chi connectivity index (χ1) is 12.5. The molecule has 2 aromatic rings. The first-order valence-electron chi connectivity index (χ1n) is 8.29. The maximum atomic E-state index is 13.8. The second kappa shape index (κ2) is 8.35. The van der Waals surface area contributed by atoms with Crippen LogP contribution in [0, 0.1) is 11.7 Å². The predicted octanol–water partition coefficient (Wildman–Crippen LogP) is 5.01. The first kappa shape index (κ1) is 21.3. The van der Waals surface area contributed by atoms with Crippen molar-refractivity contribution in [2.75, 3.05) is 18.9 Å². The Labute approximate surface area is 159 Å². The van der Waals surface area contributed by atoms with Crippen LogP contribution in [0.25, 0.3) is 11.3 Å². The average molecular weight is 403 g/mol. The molecule has 2 rings (SSSR count). The van der Waals surface area contributed by atoms with Crippen LogP contribution in [-0.4, -0.2) is 29.4 Å². The number of nitrogens with one attached hydrogen (secondary N) is 1. The van der Waals surface area contributed by atoms with Crippen molar-refractivity contribution >= 4 is 22.4 Å². The van der Waals surface area contributed by atoms with Gasteiger partial charge in [0.1, 0.15) is 5.82 Å². The van der Waals surface area contributed by atoms with Crippen LogP contribution in [0.4, 0.5) is 22.7 Å². The van der Waals surface area contributed by atoms with E-state index in [1.54, 1.807) is 0 Å². The maximum absolute atomic E-state index is 13.8. The minimum atomic E-state index is -4.66. The van der Waals surface area contributed by atoms with Gasteiger partial charge in [0.15, 0.2) is 5.13 Å². The molecule has 148 valence electrons. The summed E-state index contributed by atoms with van der Waals surface area (Å²) in [4.78, 5) is 18.2. The monoisotopic (exact) mass is 403 g/mol. The van der Waals surface area contributed by atoms with Crippen LogP contribution < -0.4 is 5.32 Å². The van der Waals surface area contributed by atoms with E-state index in [1.807, 2.05) is 11.9 Å². The van der Waals surface area contributed by atoms with Crippen molar-refractivity contribution in [1.82, 2.24) is 9.88 Å². The summed E-state index contributed by atoms with van der Waals surface area (Å²) in [6.45, 7) is 6.60. The molecule has 0 radical (unpaired) electrons. The van der Waals surface area contributed by atoms with Crippen LogP contribution in [0.15, 0.2) is 18.2 Å². The fraction of sp³-hybridized carbons (Fsp3) is 0.444. The second-order valence-corrected chi connectivity index (χ2v) is 7.87. The molecular weight excluding hydrogens is 382 g/mol. The predicted molar refractivity (Wildman–Crippen MR) is 98.0 cm³/mol. The molecule has 0 bridgehead atoms. The number of carbonyl (C=O) groups excluding carboxylic acids is 1. The van der Waals surface area contributed by atoms with Gasteiger partial charge in [-0.1, -0.05) is 25.2 Å². The third-order valence-corrected chi connectivity index (χ3v) is 4.52. The number of anilines is 1. The highest BCUT2D eigenvalue weighted by molar-refractivity contribution is 7.16. The van der Waals surface area contributed by atoms with E-state index in [0.29, 0.717) is 23.4 Å². The number of hydrogen-bond donors (Lipinski definition) is 1. The molecule has 0 aliphatic heterocycles. The molecule has 0 saturated heterocycles. The Morgan fingerprint density at radius 3 is 2.52 bits per heavy atom. The van der Waals surface area contributed by atoms with Crippen molar-refractivity contribution < 1.29 is 22.4 Å². The molecule has 27 heavy (non-hydrogen) atoms. The smallest absolute Gasteiger partial charge is 0.302 e. The van der Waals surface area contributed by atoms with E-state index in [2.05, 4.69) is 24.1 Å². The molecule has 1 amide bonds. The Balaban J connectivity index is 2.49. The van der Waals surface area contributed by atoms with Crippen LogP contribution in [0.5, 0.6) is 0 Å². The summed E-state index contributed by atoms with van der Waals surface area (Å²) >= 11 is 1.17. The number of hydrogen-bond acceptors (Lipinski definition) is 4. The van der Waals surface area contributed by atoms with Gasteiger partial charge in [-0.3, -0.25) is 4.79 Å². The van der Waals surface area contributed by atoms with Gasteiger partial charge in [-0.05, 0) is 31.2 Å². The minimum Gasteiger partial charge on any atom is -0.302 e. The van der Waals surface area contributed by atoms with Crippen LogP contribution in [-0.2, 0) is 17.5 Å². The number of halogens is 4. The van der Waals surface area contributed by atoms with Crippen LogP contribution >= 0.6 is 11.3 Å². The van der Waals surface area contributed by atoms with Gasteiger partial charge in [-0.25, -0.2) is 9.37 Å². The van der Waals surface area contributed by atoms with Gasteiger partial charge in [-0.15, -0.1) is 0 Å². The third kappa shape index (κ3) is 6.00. The molecule has 0 aliphatic carbocycles. The number of carbonyl (C=O) groups is 1. The topological polar surface area (TPSA) is 45.2 Å². The highest BCUT2D eigenvalue weighted by atomic mass is 32.1. The van der Waals surface area contributed by atoms with Gasteiger partial charge in [0.25, 0.3) is 0 Å². The summed E-state index contributed by atoms with van der Waals surface area (Å²) < 4.78 is 53.0. The lowest BCUT2D eigenvalue weighted by Crippen LogP contribution is -2.22. The largest absolute Gasteiger partial charge is 0.416 e. The number of thiazole rings is 1. The SMILES string of the molecule is CC(=O)Nc1nc(-c2cc(F)cc(C(F)(F)F)c2)c(CN(C)CC(C)C)s1. The van der Waals surface area contributed by atoms with Crippen molar-refractivity contribution in [3.63, 3.8) is 0 Å².